The van der Waals surface area contributed by atoms with Gasteiger partial charge in [-0.3, -0.25) is 4.79 Å². The Morgan fingerprint density at radius 1 is 1.24 bits per heavy atom. The van der Waals surface area contributed by atoms with E-state index in [9.17, 15) is 14.3 Å². The minimum Gasteiger partial charge on any atom is -0.455 e. The van der Waals surface area contributed by atoms with E-state index in [1.54, 1.807) is 19.9 Å². The predicted molar refractivity (Wildman–Crippen MR) is 120 cm³/mol. The predicted octanol–water partition coefficient (Wildman–Crippen LogP) is 3.57. The van der Waals surface area contributed by atoms with Gasteiger partial charge in [-0.2, -0.15) is 0 Å². The maximum absolute atomic E-state index is 14.4. The molecular weight excluding hydrogens is 441 g/mol. The first kappa shape index (κ1) is 23.2. The van der Waals surface area contributed by atoms with Crippen LogP contribution in [0.2, 0.25) is 0 Å². The molecule has 1 atom stereocenters. The zero-order valence-electron chi connectivity index (χ0n) is 18.7. The monoisotopic (exact) mass is 465 g/mol. The minimum atomic E-state index is -1.17. The average molecular weight is 465 g/mol. The van der Waals surface area contributed by atoms with Gasteiger partial charge in [-0.1, -0.05) is 42.5 Å². The van der Waals surface area contributed by atoms with Crippen LogP contribution in [0.25, 0.3) is 0 Å². The van der Waals surface area contributed by atoms with Gasteiger partial charge in [-0.05, 0) is 31.0 Å². The summed E-state index contributed by atoms with van der Waals surface area (Å²) in [5.74, 6) is -1.06. The largest absolute Gasteiger partial charge is 0.455 e. The molecule has 2 heterocycles. The van der Waals surface area contributed by atoms with Gasteiger partial charge in [0.05, 0.1) is 5.60 Å². The fourth-order valence-corrected chi connectivity index (χ4v) is 3.25. The number of hydrogen-bond acceptors (Lipinski definition) is 7. The van der Waals surface area contributed by atoms with E-state index in [-0.39, 0.29) is 29.5 Å². The molecule has 1 aromatic heterocycles. The van der Waals surface area contributed by atoms with Crippen molar-refractivity contribution in [2.24, 2.45) is 0 Å². The third-order valence-corrected chi connectivity index (χ3v) is 5.13. The SMILES string of the molecule is CC(C)(O)c1ccc(CNC(=O)c2cncnc2OC2=COC(Cc3ccccc3)O2)c(F)c1. The lowest BCUT2D eigenvalue weighted by molar-refractivity contribution is -0.0525. The molecule has 4 rings (SSSR count). The number of nitrogens with zero attached hydrogens (tertiary/aromatic N) is 2. The molecule has 0 bridgehead atoms. The number of carbonyl (C=O) groups excluding carboxylic acids is 1. The molecule has 0 aliphatic carbocycles. The van der Waals surface area contributed by atoms with Crippen molar-refractivity contribution in [1.82, 2.24) is 15.3 Å². The number of halogens is 1. The van der Waals surface area contributed by atoms with E-state index in [0.29, 0.717) is 12.0 Å². The van der Waals surface area contributed by atoms with Crippen molar-refractivity contribution in [1.29, 1.82) is 0 Å². The van der Waals surface area contributed by atoms with Gasteiger partial charge in [0.1, 0.15) is 17.7 Å². The first-order chi connectivity index (χ1) is 16.3. The number of aromatic nitrogens is 2. The fraction of sp³-hybridized carbons (Fsp3) is 0.240. The standard InChI is InChI=1S/C25H24FN3O5/c1-25(2,31)18-9-8-17(20(26)11-18)12-28-23(30)19-13-27-15-29-24(19)34-22-14-32-21(33-22)10-16-6-4-3-5-7-16/h3-9,11,13-15,21,31H,10,12H2,1-2H3,(H,28,30). The topological polar surface area (TPSA) is 103 Å². The van der Waals surface area contributed by atoms with Crippen molar-refractivity contribution in [3.8, 4) is 5.88 Å². The Kier molecular flexibility index (Phi) is 6.74. The Hall–Kier alpha value is -3.98. The third kappa shape index (κ3) is 5.68. The number of hydrogen-bond donors (Lipinski definition) is 2. The molecule has 0 spiro atoms. The van der Waals surface area contributed by atoms with E-state index in [1.807, 2.05) is 30.3 Å². The van der Waals surface area contributed by atoms with Crippen molar-refractivity contribution in [3.63, 3.8) is 0 Å². The van der Waals surface area contributed by atoms with Crippen LogP contribution in [0.15, 0.2) is 73.3 Å². The van der Waals surface area contributed by atoms with E-state index >= 15 is 0 Å². The highest BCUT2D eigenvalue weighted by Crippen LogP contribution is 2.24. The van der Waals surface area contributed by atoms with Crippen LogP contribution in [0.1, 0.15) is 40.9 Å². The van der Waals surface area contributed by atoms with Crippen LogP contribution in [0.3, 0.4) is 0 Å². The van der Waals surface area contributed by atoms with E-state index in [4.69, 9.17) is 14.2 Å². The van der Waals surface area contributed by atoms with Gasteiger partial charge in [0.2, 0.25) is 12.2 Å². The molecule has 3 aromatic rings. The maximum Gasteiger partial charge on any atom is 0.325 e. The number of rotatable bonds is 8. The smallest absolute Gasteiger partial charge is 0.325 e. The van der Waals surface area contributed by atoms with Gasteiger partial charge in [-0.15, -0.1) is 0 Å². The van der Waals surface area contributed by atoms with Crippen LogP contribution in [0.4, 0.5) is 4.39 Å². The number of ether oxygens (including phenoxy) is 3. The summed E-state index contributed by atoms with van der Waals surface area (Å²) in [4.78, 5) is 20.6. The number of aliphatic hydroxyl groups is 1. The lowest BCUT2D eigenvalue weighted by atomic mass is 9.97. The molecule has 0 radical (unpaired) electrons. The third-order valence-electron chi connectivity index (χ3n) is 5.13. The molecule has 1 unspecified atom stereocenters. The number of carbonyl (C=O) groups is 1. The number of nitrogens with one attached hydrogen (secondary N) is 1. The van der Waals surface area contributed by atoms with Gasteiger partial charge in [0, 0.05) is 24.7 Å². The normalized spacial score (nSPS) is 15.2. The highest BCUT2D eigenvalue weighted by Gasteiger charge is 2.24. The second-order valence-corrected chi connectivity index (χ2v) is 8.20. The van der Waals surface area contributed by atoms with Crippen LogP contribution >= 0.6 is 0 Å². The van der Waals surface area contributed by atoms with Crippen molar-refractivity contribution < 1.29 is 28.5 Å². The Balaban J connectivity index is 1.37. The molecule has 1 aliphatic heterocycles. The van der Waals surface area contributed by atoms with Gasteiger partial charge in [-0.25, -0.2) is 14.4 Å². The Morgan fingerprint density at radius 2 is 2.03 bits per heavy atom. The molecule has 8 nitrogen and oxygen atoms in total. The lowest BCUT2D eigenvalue weighted by Gasteiger charge is -2.18. The van der Waals surface area contributed by atoms with Gasteiger partial charge in [0.25, 0.3) is 5.91 Å². The summed E-state index contributed by atoms with van der Waals surface area (Å²) in [5.41, 5.74) is 0.612. The first-order valence-corrected chi connectivity index (χ1v) is 10.6. The molecule has 0 saturated heterocycles. The number of benzene rings is 2. The van der Waals surface area contributed by atoms with E-state index in [0.717, 1.165) is 5.56 Å². The second-order valence-electron chi connectivity index (χ2n) is 8.20. The second kappa shape index (κ2) is 9.88. The maximum atomic E-state index is 14.4. The van der Waals surface area contributed by atoms with E-state index in [1.165, 1.54) is 30.9 Å². The van der Waals surface area contributed by atoms with Crippen molar-refractivity contribution >= 4 is 5.91 Å². The summed E-state index contributed by atoms with van der Waals surface area (Å²) < 4.78 is 31.2. The summed E-state index contributed by atoms with van der Waals surface area (Å²) in [6.45, 7) is 3.06. The van der Waals surface area contributed by atoms with Crippen molar-refractivity contribution in [2.45, 2.75) is 38.7 Å². The summed E-state index contributed by atoms with van der Waals surface area (Å²) in [5, 5.41) is 12.6. The highest BCUT2D eigenvalue weighted by atomic mass is 19.1. The van der Waals surface area contributed by atoms with Crippen LogP contribution in [-0.2, 0) is 28.0 Å². The van der Waals surface area contributed by atoms with Gasteiger partial charge < -0.3 is 24.6 Å². The molecule has 1 aliphatic rings. The Morgan fingerprint density at radius 3 is 2.76 bits per heavy atom. The Labute approximate surface area is 196 Å². The van der Waals surface area contributed by atoms with Crippen LogP contribution in [0, 0.1) is 5.82 Å². The Bertz CT molecular complexity index is 1190. The lowest BCUT2D eigenvalue weighted by Crippen LogP contribution is -2.25. The summed E-state index contributed by atoms with van der Waals surface area (Å²) in [6, 6.07) is 14.1. The van der Waals surface area contributed by atoms with Gasteiger partial charge >= 0.3 is 5.95 Å². The highest BCUT2D eigenvalue weighted by molar-refractivity contribution is 5.96. The molecule has 1 amide bonds. The van der Waals surface area contributed by atoms with Crippen molar-refractivity contribution in [2.75, 3.05) is 0 Å². The molecular formula is C25H24FN3O5. The zero-order chi connectivity index (χ0) is 24.1. The van der Waals surface area contributed by atoms with E-state index < -0.39 is 23.6 Å². The van der Waals surface area contributed by atoms with Gasteiger partial charge in [0.15, 0.2) is 6.26 Å². The average Bonchev–Trinajstić information content (AvgIpc) is 3.25. The molecule has 2 N–H and O–H groups in total. The summed E-state index contributed by atoms with van der Waals surface area (Å²) in [6.07, 6.45) is 3.80. The van der Waals surface area contributed by atoms with Crippen LogP contribution < -0.4 is 10.1 Å². The molecule has 176 valence electrons. The van der Waals surface area contributed by atoms with Crippen LogP contribution in [0.5, 0.6) is 5.88 Å². The molecule has 34 heavy (non-hydrogen) atoms. The first-order valence-electron chi connectivity index (χ1n) is 10.6. The van der Waals surface area contributed by atoms with Crippen LogP contribution in [-0.4, -0.2) is 27.3 Å². The zero-order valence-corrected chi connectivity index (χ0v) is 18.7. The quantitative estimate of drug-likeness (QED) is 0.524. The molecule has 2 aromatic carbocycles. The summed E-state index contributed by atoms with van der Waals surface area (Å²) >= 11 is 0. The number of amides is 1. The van der Waals surface area contributed by atoms with Crippen molar-refractivity contribution in [3.05, 3.63) is 101 Å². The summed E-state index contributed by atoms with van der Waals surface area (Å²) in [7, 11) is 0. The minimum absolute atomic E-state index is 0.0273. The molecule has 0 saturated carbocycles. The fourth-order valence-electron chi connectivity index (χ4n) is 3.25. The molecule has 0 fully saturated rings. The van der Waals surface area contributed by atoms with E-state index in [2.05, 4.69) is 15.3 Å². The molecule has 9 heteroatoms.